The molecule has 4 N–H and O–H groups in total. The summed E-state index contributed by atoms with van der Waals surface area (Å²) in [6.07, 6.45) is 11.2. The topological polar surface area (TPSA) is 61.0 Å². The highest BCUT2D eigenvalue weighted by Crippen LogP contribution is 2.34. The summed E-state index contributed by atoms with van der Waals surface area (Å²) in [5, 5.41) is 8.06. The fourth-order valence-electron chi connectivity index (χ4n) is 5.38. The van der Waals surface area contributed by atoms with Crippen molar-refractivity contribution in [2.75, 3.05) is 6.54 Å². The summed E-state index contributed by atoms with van der Waals surface area (Å²) in [4.78, 5) is 6.32. The molecule has 0 radical (unpaired) electrons. The number of hydrazine groups is 1. The Morgan fingerprint density at radius 3 is 2.83 bits per heavy atom. The van der Waals surface area contributed by atoms with Gasteiger partial charge in [-0.2, -0.15) is 0 Å². The number of nitrogens with one attached hydrogen (secondary N) is 4. The first kappa shape index (κ1) is 27.0. The number of nitrogens with zero attached hydrogens (tertiary/aromatic N) is 1. The van der Waals surface area contributed by atoms with E-state index in [2.05, 4.69) is 73.6 Å². The van der Waals surface area contributed by atoms with E-state index < -0.39 is 6.17 Å². The van der Waals surface area contributed by atoms with Crippen molar-refractivity contribution in [3.05, 3.63) is 69.9 Å². The Morgan fingerprint density at radius 1 is 1.33 bits per heavy atom. The maximum atomic E-state index is 14.0. The van der Waals surface area contributed by atoms with E-state index in [-0.39, 0.29) is 24.0 Å². The molecule has 1 fully saturated rings. The zero-order valence-corrected chi connectivity index (χ0v) is 23.0. The van der Waals surface area contributed by atoms with Crippen LogP contribution in [0.2, 0.25) is 0 Å². The Kier molecular flexibility index (Phi) is 8.99. The predicted octanol–water partition coefficient (Wildman–Crippen LogP) is 5.36. The van der Waals surface area contributed by atoms with Crippen molar-refractivity contribution in [3.8, 4) is 0 Å². The molecule has 6 atom stereocenters. The molecule has 1 aromatic heterocycles. The molecule has 0 amide bonds. The van der Waals surface area contributed by atoms with Gasteiger partial charge in [-0.3, -0.25) is 0 Å². The Bertz CT molecular complexity index is 1030. The molecule has 0 aromatic carbocycles. The van der Waals surface area contributed by atoms with Gasteiger partial charge in [-0.25, -0.2) is 14.8 Å². The molecule has 3 aliphatic rings. The normalized spacial score (nSPS) is 28.4. The first-order chi connectivity index (χ1) is 17.3. The Morgan fingerprint density at radius 2 is 2.14 bits per heavy atom. The summed E-state index contributed by atoms with van der Waals surface area (Å²) in [6, 6.07) is 0.145. The van der Waals surface area contributed by atoms with Gasteiger partial charge in [0.1, 0.15) is 11.2 Å². The zero-order chi connectivity index (χ0) is 25.8. The number of piperidine rings is 1. The van der Waals surface area contributed by atoms with Crippen molar-refractivity contribution in [3.63, 3.8) is 0 Å². The van der Waals surface area contributed by atoms with Crippen molar-refractivity contribution in [2.24, 2.45) is 11.8 Å². The third kappa shape index (κ3) is 6.08. The van der Waals surface area contributed by atoms with Crippen LogP contribution in [0.4, 0.5) is 4.39 Å². The number of fused-ring (bicyclic) bond motifs is 1. The van der Waals surface area contributed by atoms with E-state index in [0.717, 1.165) is 48.5 Å². The summed E-state index contributed by atoms with van der Waals surface area (Å²) in [7, 11) is 0. The Hall–Kier alpha value is -2.06. The summed E-state index contributed by atoms with van der Waals surface area (Å²) in [6.45, 7) is 19.0. The number of allylic oxidation sites excluding steroid dienone is 6. The van der Waals surface area contributed by atoms with Crippen molar-refractivity contribution < 1.29 is 4.39 Å². The summed E-state index contributed by atoms with van der Waals surface area (Å²) >= 11 is 1.82. The Balaban J connectivity index is 1.41. The van der Waals surface area contributed by atoms with Crippen molar-refractivity contribution >= 4 is 16.9 Å². The van der Waals surface area contributed by atoms with Gasteiger partial charge in [0, 0.05) is 48.6 Å². The monoisotopic (exact) mass is 511 g/mol. The minimum atomic E-state index is -0.779. The molecule has 5 nitrogen and oxygen atoms in total. The molecule has 196 valence electrons. The van der Waals surface area contributed by atoms with E-state index in [9.17, 15) is 4.39 Å². The van der Waals surface area contributed by atoms with Crippen LogP contribution in [0.25, 0.3) is 5.57 Å². The van der Waals surface area contributed by atoms with Crippen LogP contribution in [0.15, 0.2) is 54.3 Å². The molecule has 4 heterocycles. The number of hydrogen-bond donors (Lipinski definition) is 4. The first-order valence-corrected chi connectivity index (χ1v) is 14.1. The SMILES string of the molecule is C=C(/C=C\C(C(=C)C)C1=CNNC1C1CCC(F)C(C)N1)C(C)C/C(=C\C)c1nc2c(s1)CNCC2. The largest absolute Gasteiger partial charge is 0.328 e. The number of aromatic nitrogens is 1. The lowest BCUT2D eigenvalue weighted by Crippen LogP contribution is -2.56. The first-order valence-electron chi connectivity index (χ1n) is 13.3. The van der Waals surface area contributed by atoms with Crippen molar-refractivity contribution in [2.45, 2.75) is 84.2 Å². The lowest BCUT2D eigenvalue weighted by atomic mass is 9.82. The van der Waals surface area contributed by atoms with Gasteiger partial charge in [0.05, 0.1) is 11.7 Å². The smallest absolute Gasteiger partial charge is 0.119 e. The summed E-state index contributed by atoms with van der Waals surface area (Å²) in [5.41, 5.74) is 12.6. The molecule has 0 spiro atoms. The highest BCUT2D eigenvalue weighted by atomic mass is 32.1. The predicted molar refractivity (Wildman–Crippen MR) is 150 cm³/mol. The second kappa shape index (κ2) is 12.0. The van der Waals surface area contributed by atoms with Crippen LogP contribution in [0, 0.1) is 11.8 Å². The van der Waals surface area contributed by atoms with Crippen LogP contribution in [-0.2, 0) is 13.0 Å². The van der Waals surface area contributed by atoms with Gasteiger partial charge >= 0.3 is 0 Å². The van der Waals surface area contributed by atoms with Crippen molar-refractivity contribution in [1.82, 2.24) is 26.5 Å². The van der Waals surface area contributed by atoms with Crippen LogP contribution in [0.1, 0.15) is 62.5 Å². The molecule has 0 aliphatic carbocycles. The van der Waals surface area contributed by atoms with Gasteiger partial charge < -0.3 is 16.1 Å². The molecule has 6 unspecified atom stereocenters. The maximum absolute atomic E-state index is 14.0. The van der Waals surface area contributed by atoms with E-state index in [0.29, 0.717) is 12.3 Å². The quantitative estimate of drug-likeness (QED) is 0.266. The van der Waals surface area contributed by atoms with Crippen LogP contribution in [-0.4, -0.2) is 35.8 Å². The van der Waals surface area contributed by atoms with Gasteiger partial charge in [0.2, 0.25) is 0 Å². The third-order valence-corrected chi connectivity index (χ3v) is 8.96. The summed E-state index contributed by atoms with van der Waals surface area (Å²) in [5.74, 6) is 0.380. The molecular formula is C29H42FN5S. The number of rotatable bonds is 9. The van der Waals surface area contributed by atoms with E-state index in [1.54, 1.807) is 0 Å². The van der Waals surface area contributed by atoms with Crippen LogP contribution in [0.5, 0.6) is 0 Å². The molecule has 3 aliphatic heterocycles. The standard InChI is InChI=1S/C29H42FN5S/c1-7-21(29-34-25-12-13-31-16-27(25)36-29)14-19(5)18(4)8-9-22(17(2)3)23-15-32-35-28(23)26-11-10-24(30)20(6)33-26/h7-9,15,19-20,22,24,26,28,31-33,35H,2,4,10-14,16H2,1,3,5-6H3/b9-8-,21-7+. The van der Waals surface area contributed by atoms with Gasteiger partial charge in [0.15, 0.2) is 0 Å². The molecule has 1 aromatic rings. The molecule has 0 saturated carbocycles. The third-order valence-electron chi connectivity index (χ3n) is 7.79. The van der Waals surface area contributed by atoms with Gasteiger partial charge in [-0.1, -0.05) is 49.5 Å². The molecule has 1 saturated heterocycles. The highest BCUT2D eigenvalue weighted by Gasteiger charge is 2.36. The molecule has 4 rings (SSSR count). The average Bonchev–Trinajstić information content (AvgIpc) is 3.51. The lowest BCUT2D eigenvalue weighted by Gasteiger charge is -2.37. The second-order valence-corrected chi connectivity index (χ2v) is 11.6. The second-order valence-electron chi connectivity index (χ2n) is 10.6. The molecule has 7 heteroatoms. The van der Waals surface area contributed by atoms with Crippen LogP contribution >= 0.6 is 11.3 Å². The summed E-state index contributed by atoms with van der Waals surface area (Å²) < 4.78 is 14.0. The van der Waals surface area contributed by atoms with Crippen LogP contribution in [0.3, 0.4) is 0 Å². The van der Waals surface area contributed by atoms with E-state index >= 15 is 0 Å². The fourth-order valence-corrected chi connectivity index (χ4v) is 6.54. The van der Waals surface area contributed by atoms with E-state index in [4.69, 9.17) is 4.98 Å². The molecule has 0 bridgehead atoms. The van der Waals surface area contributed by atoms with Gasteiger partial charge in [0.25, 0.3) is 0 Å². The maximum Gasteiger partial charge on any atom is 0.119 e. The van der Waals surface area contributed by atoms with Gasteiger partial charge in [-0.05, 0) is 57.1 Å². The molecule has 36 heavy (non-hydrogen) atoms. The van der Waals surface area contributed by atoms with E-state index in [1.165, 1.54) is 21.7 Å². The number of hydrogen-bond acceptors (Lipinski definition) is 6. The number of alkyl halides is 1. The fraction of sp³-hybridized carbons (Fsp3) is 0.552. The molecular weight excluding hydrogens is 469 g/mol. The van der Waals surface area contributed by atoms with E-state index in [1.807, 2.05) is 24.5 Å². The zero-order valence-electron chi connectivity index (χ0n) is 22.2. The van der Waals surface area contributed by atoms with Crippen LogP contribution < -0.4 is 21.5 Å². The van der Waals surface area contributed by atoms with Crippen molar-refractivity contribution in [1.29, 1.82) is 0 Å². The average molecular weight is 512 g/mol. The Labute approximate surface area is 220 Å². The number of thiazole rings is 1. The minimum Gasteiger partial charge on any atom is -0.328 e. The highest BCUT2D eigenvalue weighted by molar-refractivity contribution is 7.12. The van der Waals surface area contributed by atoms with Gasteiger partial charge in [-0.15, -0.1) is 11.3 Å². The minimum absolute atomic E-state index is 0.0843. The number of halogens is 1. The lowest BCUT2D eigenvalue weighted by molar-refractivity contribution is 0.166.